The zero-order valence-corrected chi connectivity index (χ0v) is 9.48. The maximum absolute atomic E-state index is 12.6. The van der Waals surface area contributed by atoms with Crippen LogP contribution >= 0.6 is 0 Å². The summed E-state index contributed by atoms with van der Waals surface area (Å²) in [6, 6.07) is 6.69. The van der Waals surface area contributed by atoms with Gasteiger partial charge < -0.3 is 4.42 Å². The summed E-state index contributed by atoms with van der Waals surface area (Å²) in [6.45, 7) is 0. The Hall–Kier alpha value is -2.37. The van der Waals surface area contributed by atoms with Crippen molar-refractivity contribution in [3.8, 4) is 11.1 Å². The number of fused-ring (bicyclic) bond motifs is 1. The van der Waals surface area contributed by atoms with Gasteiger partial charge in [0.15, 0.2) is 17.6 Å². The van der Waals surface area contributed by atoms with Crippen molar-refractivity contribution in [2.75, 3.05) is 0 Å². The monoisotopic (exact) mass is 264 g/mol. The Morgan fingerprint density at radius 2 is 1.84 bits per heavy atom. The second-order valence-corrected chi connectivity index (χ2v) is 3.98. The lowest BCUT2D eigenvalue weighted by Crippen LogP contribution is -2.04. The van der Waals surface area contributed by atoms with Crippen LogP contribution in [0.1, 0.15) is 5.56 Å². The molecule has 0 amide bonds. The van der Waals surface area contributed by atoms with E-state index in [1.807, 2.05) is 0 Å². The minimum absolute atomic E-state index is 0.427. The number of alkyl halides is 3. The van der Waals surface area contributed by atoms with Gasteiger partial charge in [0.05, 0.1) is 5.56 Å². The van der Waals surface area contributed by atoms with Crippen LogP contribution in [0.4, 0.5) is 13.2 Å². The van der Waals surface area contributed by atoms with Gasteiger partial charge in [-0.05, 0) is 23.8 Å². The van der Waals surface area contributed by atoms with E-state index in [1.54, 1.807) is 12.1 Å². The van der Waals surface area contributed by atoms with Crippen LogP contribution in [0, 0.1) is 0 Å². The van der Waals surface area contributed by atoms with Gasteiger partial charge >= 0.3 is 6.18 Å². The first-order chi connectivity index (χ1) is 9.04. The van der Waals surface area contributed by atoms with Crippen molar-refractivity contribution in [3.05, 3.63) is 48.5 Å². The summed E-state index contributed by atoms with van der Waals surface area (Å²) in [5.41, 5.74) is 1.16. The molecular weight excluding hydrogens is 257 g/mol. The van der Waals surface area contributed by atoms with Crippen molar-refractivity contribution in [1.29, 1.82) is 0 Å². The number of pyridine rings is 1. The molecule has 0 fully saturated rings. The van der Waals surface area contributed by atoms with E-state index in [-0.39, 0.29) is 0 Å². The lowest BCUT2D eigenvalue weighted by molar-refractivity contribution is -0.137. The van der Waals surface area contributed by atoms with Gasteiger partial charge in [-0.2, -0.15) is 18.2 Å². The number of hydrogen-bond donors (Lipinski definition) is 0. The van der Waals surface area contributed by atoms with E-state index in [9.17, 15) is 13.2 Å². The summed E-state index contributed by atoms with van der Waals surface area (Å²) in [5.74, 6) is 0. The molecule has 0 aliphatic rings. The van der Waals surface area contributed by atoms with Crippen molar-refractivity contribution in [1.82, 2.24) is 9.97 Å². The smallest absolute Gasteiger partial charge is 0.416 e. The molecule has 3 aromatic rings. The van der Waals surface area contributed by atoms with E-state index in [1.165, 1.54) is 18.7 Å². The number of aromatic nitrogens is 2. The Labute approximate surface area is 105 Å². The van der Waals surface area contributed by atoms with Crippen LogP contribution in [0.3, 0.4) is 0 Å². The molecule has 19 heavy (non-hydrogen) atoms. The van der Waals surface area contributed by atoms with Crippen molar-refractivity contribution in [2.45, 2.75) is 6.18 Å². The maximum atomic E-state index is 12.6. The Kier molecular flexibility index (Phi) is 2.51. The molecule has 0 unspecified atom stereocenters. The fraction of sp³-hybridized carbons (Fsp3) is 0.0769. The van der Waals surface area contributed by atoms with Crippen LogP contribution in [0.2, 0.25) is 0 Å². The minimum atomic E-state index is -4.36. The van der Waals surface area contributed by atoms with Gasteiger partial charge in [-0.3, -0.25) is 0 Å². The van der Waals surface area contributed by atoms with E-state index in [0.29, 0.717) is 22.4 Å². The molecule has 0 spiro atoms. The largest absolute Gasteiger partial charge is 0.442 e. The van der Waals surface area contributed by atoms with Crippen molar-refractivity contribution >= 4 is 11.2 Å². The predicted molar refractivity (Wildman–Crippen MR) is 62.2 cm³/mol. The number of hydrogen-bond acceptors (Lipinski definition) is 3. The molecule has 0 N–H and O–H groups in total. The highest BCUT2D eigenvalue weighted by Gasteiger charge is 2.30. The third-order valence-corrected chi connectivity index (χ3v) is 2.71. The van der Waals surface area contributed by atoms with Crippen molar-refractivity contribution in [2.24, 2.45) is 0 Å². The molecule has 0 radical (unpaired) electrons. The normalized spacial score (nSPS) is 11.9. The van der Waals surface area contributed by atoms with Crippen LogP contribution in [0.5, 0.6) is 0 Å². The molecule has 0 saturated heterocycles. The first-order valence-electron chi connectivity index (χ1n) is 5.41. The van der Waals surface area contributed by atoms with Crippen molar-refractivity contribution in [3.63, 3.8) is 0 Å². The Morgan fingerprint density at radius 3 is 2.63 bits per heavy atom. The second-order valence-electron chi connectivity index (χ2n) is 3.98. The molecule has 96 valence electrons. The lowest BCUT2D eigenvalue weighted by Gasteiger charge is -2.08. The van der Waals surface area contributed by atoms with Crippen molar-refractivity contribution < 1.29 is 17.6 Å². The molecular formula is C13H7F3N2O. The molecule has 2 aromatic heterocycles. The first-order valence-corrected chi connectivity index (χ1v) is 5.41. The topological polar surface area (TPSA) is 38.9 Å². The summed E-state index contributed by atoms with van der Waals surface area (Å²) in [6.07, 6.45) is -1.65. The van der Waals surface area contributed by atoms with E-state index < -0.39 is 11.7 Å². The number of oxazole rings is 1. The fourth-order valence-corrected chi connectivity index (χ4v) is 1.79. The van der Waals surface area contributed by atoms with E-state index >= 15 is 0 Å². The number of benzene rings is 1. The highest BCUT2D eigenvalue weighted by Crippen LogP contribution is 2.32. The average Bonchev–Trinajstić information content (AvgIpc) is 2.85. The third kappa shape index (κ3) is 2.16. The molecule has 0 bridgehead atoms. The van der Waals surface area contributed by atoms with E-state index in [0.717, 1.165) is 12.1 Å². The zero-order chi connectivity index (χ0) is 13.5. The van der Waals surface area contributed by atoms with Gasteiger partial charge in [0.2, 0.25) is 0 Å². The minimum Gasteiger partial charge on any atom is -0.442 e. The average molecular weight is 264 g/mol. The van der Waals surface area contributed by atoms with Gasteiger partial charge in [0.1, 0.15) is 0 Å². The Morgan fingerprint density at radius 1 is 1.00 bits per heavy atom. The summed E-state index contributed by atoms with van der Waals surface area (Å²) < 4.78 is 43.0. The zero-order valence-electron chi connectivity index (χ0n) is 9.48. The summed E-state index contributed by atoms with van der Waals surface area (Å²) in [4.78, 5) is 7.88. The fourth-order valence-electron chi connectivity index (χ4n) is 1.79. The highest BCUT2D eigenvalue weighted by molar-refractivity contribution is 5.76. The van der Waals surface area contributed by atoms with Gasteiger partial charge in [-0.15, -0.1) is 0 Å². The molecule has 0 aliphatic heterocycles. The number of nitrogens with zero attached hydrogens (tertiary/aromatic N) is 2. The van der Waals surface area contributed by atoms with Gasteiger partial charge in [-0.25, -0.2) is 4.98 Å². The molecule has 1 aromatic carbocycles. The Balaban J connectivity index is 2.10. The maximum Gasteiger partial charge on any atom is 0.416 e. The predicted octanol–water partition coefficient (Wildman–Crippen LogP) is 3.91. The number of rotatable bonds is 1. The second kappa shape index (κ2) is 4.08. The SMILES string of the molecule is FC(F)(F)c1cccc(-c2cnc3ncoc3c2)c1. The molecule has 2 heterocycles. The molecule has 0 saturated carbocycles. The van der Waals surface area contributed by atoms with Crippen LogP contribution < -0.4 is 0 Å². The molecule has 3 nitrogen and oxygen atoms in total. The molecule has 0 aliphatic carbocycles. The lowest BCUT2D eigenvalue weighted by atomic mass is 10.0. The van der Waals surface area contributed by atoms with Crippen LogP contribution in [-0.4, -0.2) is 9.97 Å². The van der Waals surface area contributed by atoms with E-state index in [4.69, 9.17) is 4.42 Å². The molecule has 6 heteroatoms. The molecule has 0 atom stereocenters. The Bertz CT molecular complexity index is 734. The van der Waals surface area contributed by atoms with E-state index in [2.05, 4.69) is 9.97 Å². The third-order valence-electron chi connectivity index (χ3n) is 2.71. The van der Waals surface area contributed by atoms with Gasteiger partial charge in [0, 0.05) is 11.8 Å². The number of halogens is 3. The standard InChI is InChI=1S/C13H7F3N2O/c14-13(15,16)10-3-1-2-8(4-10)9-5-11-12(17-6-9)18-7-19-11/h1-7H. The quantitative estimate of drug-likeness (QED) is 0.669. The first kappa shape index (κ1) is 11.7. The van der Waals surface area contributed by atoms with Crippen LogP contribution in [-0.2, 0) is 6.18 Å². The summed E-state index contributed by atoms with van der Waals surface area (Å²) >= 11 is 0. The van der Waals surface area contributed by atoms with Crippen LogP contribution in [0.25, 0.3) is 22.4 Å². The highest BCUT2D eigenvalue weighted by atomic mass is 19.4. The van der Waals surface area contributed by atoms with Gasteiger partial charge in [-0.1, -0.05) is 12.1 Å². The van der Waals surface area contributed by atoms with Gasteiger partial charge in [0.25, 0.3) is 0 Å². The van der Waals surface area contributed by atoms with Crippen LogP contribution in [0.15, 0.2) is 47.3 Å². The molecule has 3 rings (SSSR count). The summed E-state index contributed by atoms with van der Waals surface area (Å²) in [5, 5.41) is 0. The summed E-state index contributed by atoms with van der Waals surface area (Å²) in [7, 11) is 0.